The molecule has 0 bridgehead atoms. The molecular formula is C26H37NO2. The Bertz CT molecular complexity index is 595. The van der Waals surface area contributed by atoms with Gasteiger partial charge in [0, 0.05) is 5.92 Å². The summed E-state index contributed by atoms with van der Waals surface area (Å²) in [6, 6.07) is 21.2. The minimum atomic E-state index is 0.484. The van der Waals surface area contributed by atoms with E-state index in [4.69, 9.17) is 9.47 Å². The Morgan fingerprint density at radius 1 is 0.724 bits per heavy atom. The second kappa shape index (κ2) is 12.8. The van der Waals surface area contributed by atoms with Gasteiger partial charge in [-0.3, -0.25) is 0 Å². The monoisotopic (exact) mass is 395 g/mol. The lowest BCUT2D eigenvalue weighted by molar-refractivity contribution is 0.385. The van der Waals surface area contributed by atoms with E-state index in [0.717, 1.165) is 13.2 Å². The SMILES string of the molecule is C(CCC1CO1)CNCCCCC1CO1.CC(c1ccccc1)c1ccccc1. The summed E-state index contributed by atoms with van der Waals surface area (Å²) in [5.41, 5.74) is 2.75. The van der Waals surface area contributed by atoms with E-state index in [1.807, 2.05) is 0 Å². The Balaban J connectivity index is 0.000000166. The van der Waals surface area contributed by atoms with Crippen LogP contribution in [0.15, 0.2) is 60.7 Å². The topological polar surface area (TPSA) is 37.1 Å². The lowest BCUT2D eigenvalue weighted by Crippen LogP contribution is -2.16. The fraction of sp³-hybridized carbons (Fsp3) is 0.538. The first-order valence-electron chi connectivity index (χ1n) is 11.4. The zero-order chi connectivity index (χ0) is 20.2. The van der Waals surface area contributed by atoms with E-state index in [2.05, 4.69) is 72.9 Å². The van der Waals surface area contributed by atoms with Crippen LogP contribution in [0.2, 0.25) is 0 Å². The van der Waals surface area contributed by atoms with Crippen LogP contribution < -0.4 is 5.32 Å². The molecule has 2 aliphatic heterocycles. The number of unbranched alkanes of at least 4 members (excludes halogenated alkanes) is 2. The van der Waals surface area contributed by atoms with Gasteiger partial charge in [0.25, 0.3) is 0 Å². The Morgan fingerprint density at radius 2 is 1.14 bits per heavy atom. The predicted octanol–water partition coefficient (Wildman–Crippen LogP) is 5.55. The van der Waals surface area contributed by atoms with Gasteiger partial charge in [-0.05, 0) is 62.7 Å². The molecule has 2 aromatic carbocycles. The first kappa shape index (κ1) is 22.0. The maximum Gasteiger partial charge on any atom is 0.0810 e. The van der Waals surface area contributed by atoms with Crippen molar-refractivity contribution in [3.05, 3.63) is 71.8 Å². The molecule has 2 unspecified atom stereocenters. The van der Waals surface area contributed by atoms with Gasteiger partial charge >= 0.3 is 0 Å². The Kier molecular flexibility index (Phi) is 9.71. The number of benzene rings is 2. The van der Waals surface area contributed by atoms with Gasteiger partial charge < -0.3 is 14.8 Å². The van der Waals surface area contributed by atoms with Crippen molar-refractivity contribution in [2.75, 3.05) is 26.3 Å². The lowest BCUT2D eigenvalue weighted by atomic mass is 9.93. The van der Waals surface area contributed by atoms with E-state index in [1.165, 1.54) is 62.7 Å². The number of epoxide rings is 2. The van der Waals surface area contributed by atoms with Crippen LogP contribution in [0.3, 0.4) is 0 Å². The van der Waals surface area contributed by atoms with Crippen LogP contribution in [0.4, 0.5) is 0 Å². The van der Waals surface area contributed by atoms with Crippen molar-refractivity contribution in [3.8, 4) is 0 Å². The van der Waals surface area contributed by atoms with E-state index < -0.39 is 0 Å². The van der Waals surface area contributed by atoms with Crippen LogP contribution in [-0.4, -0.2) is 38.5 Å². The third kappa shape index (κ3) is 9.58. The summed E-state index contributed by atoms with van der Waals surface area (Å²) in [5.74, 6) is 0.484. The van der Waals surface area contributed by atoms with E-state index in [-0.39, 0.29) is 0 Å². The van der Waals surface area contributed by atoms with Gasteiger partial charge in [0.15, 0.2) is 0 Å². The molecule has 0 saturated carbocycles. The van der Waals surface area contributed by atoms with Gasteiger partial charge in [-0.1, -0.05) is 67.6 Å². The summed E-state index contributed by atoms with van der Waals surface area (Å²) >= 11 is 0. The van der Waals surface area contributed by atoms with E-state index >= 15 is 0 Å². The van der Waals surface area contributed by atoms with Crippen molar-refractivity contribution in [2.45, 2.75) is 63.6 Å². The summed E-state index contributed by atoms with van der Waals surface area (Å²) in [7, 11) is 0. The average molecular weight is 396 g/mol. The van der Waals surface area contributed by atoms with Crippen molar-refractivity contribution < 1.29 is 9.47 Å². The maximum absolute atomic E-state index is 5.16. The molecular weight excluding hydrogens is 358 g/mol. The zero-order valence-corrected chi connectivity index (χ0v) is 17.9. The van der Waals surface area contributed by atoms with Crippen LogP contribution in [0.1, 0.15) is 62.5 Å². The molecule has 0 amide bonds. The first-order chi connectivity index (χ1) is 14.3. The number of nitrogens with one attached hydrogen (secondary N) is 1. The van der Waals surface area contributed by atoms with Crippen molar-refractivity contribution in [1.82, 2.24) is 5.32 Å². The molecule has 0 aliphatic carbocycles. The highest BCUT2D eigenvalue weighted by Crippen LogP contribution is 2.23. The molecule has 3 nitrogen and oxygen atoms in total. The molecule has 29 heavy (non-hydrogen) atoms. The van der Waals surface area contributed by atoms with Crippen molar-refractivity contribution in [3.63, 3.8) is 0 Å². The smallest absolute Gasteiger partial charge is 0.0810 e. The first-order valence-corrected chi connectivity index (χ1v) is 11.4. The molecule has 2 saturated heterocycles. The number of hydrogen-bond acceptors (Lipinski definition) is 3. The minimum absolute atomic E-state index is 0.484. The molecule has 0 radical (unpaired) electrons. The number of ether oxygens (including phenoxy) is 2. The third-order valence-electron chi connectivity index (χ3n) is 5.66. The molecule has 2 aromatic rings. The standard InChI is InChI=1S/C14H14.C12H23NO2/c1-12(13-8-4-2-5-9-13)14-10-6-3-7-11-14;1(5-11-9-14-11)3-7-13-8-4-2-6-12-10-15-12/h2-12H,1H3;11-13H,1-10H2. The second-order valence-electron chi connectivity index (χ2n) is 8.20. The molecule has 3 heteroatoms. The van der Waals surface area contributed by atoms with E-state index in [9.17, 15) is 0 Å². The van der Waals surface area contributed by atoms with Crippen LogP contribution in [0.5, 0.6) is 0 Å². The molecule has 0 aromatic heterocycles. The summed E-state index contributed by atoms with van der Waals surface area (Å²) in [6.07, 6.45) is 8.98. The molecule has 2 fully saturated rings. The minimum Gasteiger partial charge on any atom is -0.373 e. The fourth-order valence-electron chi connectivity index (χ4n) is 3.51. The Hall–Kier alpha value is -1.68. The summed E-state index contributed by atoms with van der Waals surface area (Å²) in [4.78, 5) is 0. The second-order valence-corrected chi connectivity index (χ2v) is 8.20. The van der Waals surface area contributed by atoms with Gasteiger partial charge in [-0.25, -0.2) is 0 Å². The Labute approximate surface area is 176 Å². The third-order valence-corrected chi connectivity index (χ3v) is 5.66. The van der Waals surface area contributed by atoms with Gasteiger partial charge in [0.1, 0.15) is 0 Å². The zero-order valence-electron chi connectivity index (χ0n) is 17.9. The van der Waals surface area contributed by atoms with E-state index in [0.29, 0.717) is 18.1 Å². The highest BCUT2D eigenvalue weighted by atomic mass is 16.6. The highest BCUT2D eigenvalue weighted by Gasteiger charge is 2.21. The normalized spacial score (nSPS) is 19.5. The van der Waals surface area contributed by atoms with Crippen LogP contribution in [-0.2, 0) is 9.47 Å². The van der Waals surface area contributed by atoms with Gasteiger partial charge in [-0.2, -0.15) is 0 Å². The molecule has 2 aliphatic rings. The van der Waals surface area contributed by atoms with Crippen LogP contribution in [0.25, 0.3) is 0 Å². The largest absolute Gasteiger partial charge is 0.373 e. The number of rotatable bonds is 12. The van der Waals surface area contributed by atoms with Gasteiger partial charge in [-0.15, -0.1) is 0 Å². The molecule has 0 spiro atoms. The quantitative estimate of drug-likeness (QED) is 0.378. The Morgan fingerprint density at radius 3 is 1.52 bits per heavy atom. The summed E-state index contributed by atoms with van der Waals surface area (Å²) < 4.78 is 10.3. The van der Waals surface area contributed by atoms with Crippen molar-refractivity contribution in [1.29, 1.82) is 0 Å². The van der Waals surface area contributed by atoms with Crippen LogP contribution >= 0.6 is 0 Å². The molecule has 158 valence electrons. The lowest BCUT2D eigenvalue weighted by Gasteiger charge is -2.11. The molecule has 1 N–H and O–H groups in total. The summed E-state index contributed by atoms with van der Waals surface area (Å²) in [5, 5.41) is 3.49. The highest BCUT2D eigenvalue weighted by molar-refractivity contribution is 5.31. The molecule has 2 atom stereocenters. The average Bonchev–Trinajstić information content (AvgIpc) is 3.69. The predicted molar refractivity (Wildman–Crippen MR) is 120 cm³/mol. The van der Waals surface area contributed by atoms with Crippen LogP contribution in [0, 0.1) is 0 Å². The van der Waals surface area contributed by atoms with Gasteiger partial charge in [0.2, 0.25) is 0 Å². The number of hydrogen-bond donors (Lipinski definition) is 1. The van der Waals surface area contributed by atoms with Gasteiger partial charge in [0.05, 0.1) is 25.4 Å². The maximum atomic E-state index is 5.16. The molecule has 2 heterocycles. The van der Waals surface area contributed by atoms with E-state index in [1.54, 1.807) is 0 Å². The molecule has 4 rings (SSSR count). The van der Waals surface area contributed by atoms with Crippen molar-refractivity contribution in [2.24, 2.45) is 0 Å². The fourth-order valence-corrected chi connectivity index (χ4v) is 3.51. The summed E-state index contributed by atoms with van der Waals surface area (Å²) in [6.45, 7) is 6.61. The van der Waals surface area contributed by atoms with Crippen molar-refractivity contribution >= 4 is 0 Å².